The van der Waals surface area contributed by atoms with E-state index >= 15 is 0 Å². The number of benzene rings is 1. The molecule has 0 saturated heterocycles. The number of aromatic nitrogens is 2. The van der Waals surface area contributed by atoms with Gasteiger partial charge in [0.15, 0.2) is 0 Å². The molecular weight excluding hydrogens is 233 g/mol. The normalized spacial score (nSPS) is 12.2. The van der Waals surface area contributed by atoms with Crippen LogP contribution in [0.2, 0.25) is 0 Å². The lowest BCUT2D eigenvalue weighted by molar-refractivity contribution is 0.0934. The molecule has 2 rings (SSSR count). The maximum absolute atomic E-state index is 13.4. The van der Waals surface area contributed by atoms with Crippen LogP contribution in [-0.4, -0.2) is 15.5 Å². The number of nitrogens with one attached hydrogen (secondary N) is 1. The summed E-state index contributed by atoms with van der Waals surface area (Å²) in [4.78, 5) is 16.0. The predicted molar refractivity (Wildman–Crippen MR) is 65.5 cm³/mol. The molecule has 1 amide bonds. The molecule has 0 radical (unpaired) electrons. The summed E-state index contributed by atoms with van der Waals surface area (Å²) in [7, 11) is 1.84. The lowest BCUT2D eigenvalue weighted by atomic mass is 10.2. The number of carbonyl (C=O) groups is 1. The summed E-state index contributed by atoms with van der Waals surface area (Å²) in [6, 6.07) is 5.62. The van der Waals surface area contributed by atoms with Crippen molar-refractivity contribution in [3.8, 4) is 0 Å². The Balaban J connectivity index is 2.13. The molecule has 0 spiro atoms. The lowest BCUT2D eigenvalue weighted by Gasteiger charge is -2.14. The number of aryl methyl sites for hydroxylation is 1. The molecule has 18 heavy (non-hydrogen) atoms. The van der Waals surface area contributed by atoms with Crippen LogP contribution in [0.3, 0.4) is 0 Å². The van der Waals surface area contributed by atoms with Gasteiger partial charge in [-0.2, -0.15) is 0 Å². The van der Waals surface area contributed by atoms with Crippen molar-refractivity contribution in [2.75, 3.05) is 0 Å². The van der Waals surface area contributed by atoms with E-state index in [0.29, 0.717) is 0 Å². The van der Waals surface area contributed by atoms with Gasteiger partial charge in [-0.1, -0.05) is 12.1 Å². The maximum Gasteiger partial charge on any atom is 0.254 e. The van der Waals surface area contributed by atoms with E-state index in [1.54, 1.807) is 31.5 Å². The Kier molecular flexibility index (Phi) is 3.41. The van der Waals surface area contributed by atoms with Crippen molar-refractivity contribution in [3.63, 3.8) is 0 Å². The Hall–Kier alpha value is -2.17. The zero-order valence-corrected chi connectivity index (χ0v) is 10.2. The van der Waals surface area contributed by atoms with E-state index in [2.05, 4.69) is 10.3 Å². The van der Waals surface area contributed by atoms with Gasteiger partial charge in [-0.15, -0.1) is 0 Å². The van der Waals surface area contributed by atoms with Crippen LogP contribution >= 0.6 is 0 Å². The van der Waals surface area contributed by atoms with Crippen LogP contribution in [0.4, 0.5) is 4.39 Å². The third-order valence-electron chi connectivity index (χ3n) is 2.71. The quantitative estimate of drug-likeness (QED) is 0.902. The van der Waals surface area contributed by atoms with Crippen LogP contribution in [0.5, 0.6) is 0 Å². The first kappa shape index (κ1) is 12.3. The molecular formula is C13H14FN3O. The summed E-state index contributed by atoms with van der Waals surface area (Å²) < 4.78 is 15.2. The van der Waals surface area contributed by atoms with Crippen molar-refractivity contribution in [1.29, 1.82) is 0 Å². The second-order valence-corrected chi connectivity index (χ2v) is 4.07. The van der Waals surface area contributed by atoms with Crippen molar-refractivity contribution in [3.05, 3.63) is 53.9 Å². The zero-order chi connectivity index (χ0) is 13.1. The van der Waals surface area contributed by atoms with Crippen molar-refractivity contribution in [1.82, 2.24) is 14.9 Å². The summed E-state index contributed by atoms with van der Waals surface area (Å²) in [5.74, 6) is -0.245. The molecule has 1 heterocycles. The van der Waals surface area contributed by atoms with Gasteiger partial charge in [0, 0.05) is 19.4 Å². The van der Waals surface area contributed by atoms with E-state index in [-0.39, 0.29) is 11.6 Å². The van der Waals surface area contributed by atoms with E-state index in [1.165, 1.54) is 12.1 Å². The first-order chi connectivity index (χ1) is 8.59. The van der Waals surface area contributed by atoms with E-state index in [4.69, 9.17) is 0 Å². The summed E-state index contributed by atoms with van der Waals surface area (Å²) in [6.07, 6.45) is 3.45. The maximum atomic E-state index is 13.4. The van der Waals surface area contributed by atoms with Crippen molar-refractivity contribution in [2.45, 2.75) is 13.0 Å². The highest BCUT2D eigenvalue weighted by Gasteiger charge is 2.16. The van der Waals surface area contributed by atoms with Gasteiger partial charge in [-0.3, -0.25) is 4.79 Å². The Morgan fingerprint density at radius 1 is 1.44 bits per heavy atom. The van der Waals surface area contributed by atoms with Crippen LogP contribution in [0, 0.1) is 5.82 Å². The Morgan fingerprint density at radius 3 is 2.78 bits per heavy atom. The van der Waals surface area contributed by atoms with Crippen LogP contribution < -0.4 is 5.32 Å². The summed E-state index contributed by atoms with van der Waals surface area (Å²) in [5, 5.41) is 2.72. The molecule has 0 bridgehead atoms. The molecule has 2 aromatic rings. The molecule has 0 aliphatic heterocycles. The molecule has 0 saturated carbocycles. The molecule has 5 heteroatoms. The van der Waals surface area contributed by atoms with Gasteiger partial charge in [0.25, 0.3) is 5.91 Å². The van der Waals surface area contributed by atoms with Gasteiger partial charge in [-0.25, -0.2) is 9.37 Å². The molecule has 1 unspecified atom stereocenters. The van der Waals surface area contributed by atoms with Gasteiger partial charge in [0.05, 0.1) is 11.6 Å². The summed E-state index contributed by atoms with van der Waals surface area (Å²) in [6.45, 7) is 1.81. The largest absolute Gasteiger partial charge is 0.342 e. The Labute approximate surface area is 104 Å². The van der Waals surface area contributed by atoms with Crippen LogP contribution in [0.1, 0.15) is 29.1 Å². The van der Waals surface area contributed by atoms with Gasteiger partial charge in [-0.05, 0) is 19.1 Å². The summed E-state index contributed by atoms with van der Waals surface area (Å²) in [5.41, 5.74) is 0.0403. The van der Waals surface area contributed by atoms with E-state index in [9.17, 15) is 9.18 Å². The Bertz CT molecular complexity index is 565. The highest BCUT2D eigenvalue weighted by Crippen LogP contribution is 2.11. The van der Waals surface area contributed by atoms with Gasteiger partial charge < -0.3 is 9.88 Å². The van der Waals surface area contributed by atoms with Gasteiger partial charge in [0.2, 0.25) is 0 Å². The van der Waals surface area contributed by atoms with Crippen molar-refractivity contribution < 1.29 is 9.18 Å². The highest BCUT2D eigenvalue weighted by atomic mass is 19.1. The van der Waals surface area contributed by atoms with E-state index in [1.807, 2.05) is 11.6 Å². The molecule has 1 N–H and O–H groups in total. The fraction of sp³-hybridized carbons (Fsp3) is 0.231. The van der Waals surface area contributed by atoms with Crippen LogP contribution in [0.25, 0.3) is 0 Å². The third-order valence-corrected chi connectivity index (χ3v) is 2.71. The smallest absolute Gasteiger partial charge is 0.254 e. The average molecular weight is 247 g/mol. The molecule has 0 aliphatic carbocycles. The monoisotopic (exact) mass is 247 g/mol. The SMILES string of the molecule is CC(NC(=O)c1ccccc1F)c1nccn1C. The second kappa shape index (κ2) is 5.00. The molecule has 4 nitrogen and oxygen atoms in total. The minimum Gasteiger partial charge on any atom is -0.342 e. The average Bonchev–Trinajstić information content (AvgIpc) is 2.76. The minimum atomic E-state index is -0.526. The number of carbonyl (C=O) groups excluding carboxylic acids is 1. The third kappa shape index (κ3) is 2.40. The fourth-order valence-electron chi connectivity index (χ4n) is 1.78. The second-order valence-electron chi connectivity index (χ2n) is 4.07. The standard InChI is InChI=1S/C13H14FN3O/c1-9(12-15-7-8-17(12)2)16-13(18)10-5-3-4-6-11(10)14/h3-9H,1-2H3,(H,16,18). The van der Waals surface area contributed by atoms with Crippen LogP contribution in [0.15, 0.2) is 36.7 Å². The number of imidazole rings is 1. The van der Waals surface area contributed by atoms with Gasteiger partial charge in [0.1, 0.15) is 11.6 Å². The number of rotatable bonds is 3. The van der Waals surface area contributed by atoms with Crippen molar-refractivity contribution in [2.24, 2.45) is 7.05 Å². The minimum absolute atomic E-state index is 0.0403. The molecule has 0 fully saturated rings. The van der Waals surface area contributed by atoms with E-state index in [0.717, 1.165) is 5.82 Å². The van der Waals surface area contributed by atoms with Gasteiger partial charge >= 0.3 is 0 Å². The number of hydrogen-bond acceptors (Lipinski definition) is 2. The fourth-order valence-corrected chi connectivity index (χ4v) is 1.78. The Morgan fingerprint density at radius 2 is 2.17 bits per heavy atom. The number of halogens is 1. The highest BCUT2D eigenvalue weighted by molar-refractivity contribution is 5.94. The molecule has 0 aliphatic rings. The molecule has 1 atom stereocenters. The molecule has 94 valence electrons. The first-order valence-corrected chi connectivity index (χ1v) is 5.62. The zero-order valence-electron chi connectivity index (χ0n) is 10.2. The lowest BCUT2D eigenvalue weighted by Crippen LogP contribution is -2.29. The number of nitrogens with zero attached hydrogens (tertiary/aromatic N) is 2. The first-order valence-electron chi connectivity index (χ1n) is 5.62. The molecule has 1 aromatic heterocycles. The predicted octanol–water partition coefficient (Wildman–Crippen LogP) is 2.05. The number of hydrogen-bond donors (Lipinski definition) is 1. The summed E-state index contributed by atoms with van der Waals surface area (Å²) >= 11 is 0. The number of amides is 1. The topological polar surface area (TPSA) is 46.9 Å². The molecule has 1 aromatic carbocycles. The van der Waals surface area contributed by atoms with Crippen molar-refractivity contribution >= 4 is 5.91 Å². The van der Waals surface area contributed by atoms with E-state index < -0.39 is 11.7 Å². The van der Waals surface area contributed by atoms with Crippen LogP contribution in [-0.2, 0) is 7.05 Å².